The number of hydrogen-bond acceptors (Lipinski definition) is 4. The van der Waals surface area contributed by atoms with Crippen molar-refractivity contribution in [3.05, 3.63) is 22.4 Å². The van der Waals surface area contributed by atoms with E-state index in [0.29, 0.717) is 63.1 Å². The van der Waals surface area contributed by atoms with Crippen LogP contribution in [0.25, 0.3) is 0 Å². The average molecular weight is 420 g/mol. The summed E-state index contributed by atoms with van der Waals surface area (Å²) in [6.45, 7) is 6.61. The quantitative estimate of drug-likeness (QED) is 0.405. The van der Waals surface area contributed by atoms with Crippen molar-refractivity contribution in [3.63, 3.8) is 0 Å². The molecular formula is C18H28F3N5OS. The molecule has 0 radical (unpaired) electrons. The minimum atomic E-state index is -4.20. The maximum Gasteiger partial charge on any atom is 0.403 e. The van der Waals surface area contributed by atoms with E-state index in [4.69, 9.17) is 0 Å². The largest absolute Gasteiger partial charge is 0.403 e. The van der Waals surface area contributed by atoms with Gasteiger partial charge in [0.1, 0.15) is 6.04 Å². The van der Waals surface area contributed by atoms with Crippen LogP contribution in [0.3, 0.4) is 0 Å². The normalized spacial score (nSPS) is 17.5. The van der Waals surface area contributed by atoms with E-state index in [1.54, 1.807) is 6.07 Å². The molecular weight excluding hydrogens is 391 g/mol. The number of guanidine groups is 1. The van der Waals surface area contributed by atoms with Crippen LogP contribution < -0.4 is 10.6 Å². The van der Waals surface area contributed by atoms with Crippen LogP contribution in [0.15, 0.2) is 22.5 Å². The molecule has 1 aliphatic rings. The molecule has 1 unspecified atom stereocenters. The second kappa shape index (κ2) is 10.7. The monoisotopic (exact) mass is 419 g/mol. The van der Waals surface area contributed by atoms with E-state index in [1.807, 2.05) is 23.3 Å². The van der Waals surface area contributed by atoms with Crippen molar-refractivity contribution in [3.8, 4) is 0 Å². The topological polar surface area (TPSA) is 60.0 Å². The molecule has 2 heterocycles. The van der Waals surface area contributed by atoms with Crippen LogP contribution >= 0.6 is 11.3 Å². The van der Waals surface area contributed by atoms with Crippen molar-refractivity contribution < 1.29 is 18.0 Å². The lowest BCUT2D eigenvalue weighted by Crippen LogP contribution is -2.56. The van der Waals surface area contributed by atoms with E-state index in [0.717, 1.165) is 0 Å². The third kappa shape index (κ3) is 6.66. The number of amides is 1. The van der Waals surface area contributed by atoms with Gasteiger partial charge in [0, 0.05) is 45.8 Å². The van der Waals surface area contributed by atoms with Gasteiger partial charge in [-0.05, 0) is 31.7 Å². The van der Waals surface area contributed by atoms with Crippen LogP contribution in [-0.4, -0.2) is 79.7 Å². The van der Waals surface area contributed by atoms with Crippen LogP contribution in [-0.2, 0) is 0 Å². The molecule has 6 nitrogen and oxygen atoms in total. The van der Waals surface area contributed by atoms with Gasteiger partial charge >= 0.3 is 6.18 Å². The van der Waals surface area contributed by atoms with Crippen LogP contribution in [0.1, 0.15) is 29.9 Å². The lowest BCUT2D eigenvalue weighted by Gasteiger charge is -2.39. The summed E-state index contributed by atoms with van der Waals surface area (Å²) in [6.07, 6.45) is -3.51. The minimum Gasteiger partial charge on any atom is -0.357 e. The highest BCUT2D eigenvalue weighted by atomic mass is 32.1. The van der Waals surface area contributed by atoms with Crippen molar-refractivity contribution in [2.24, 2.45) is 4.99 Å². The zero-order chi connectivity index (χ0) is 20.6. The van der Waals surface area contributed by atoms with Gasteiger partial charge in [0.05, 0.1) is 4.88 Å². The summed E-state index contributed by atoms with van der Waals surface area (Å²) in [5.74, 6) is 0.632. The fraction of sp³-hybridized carbons (Fsp3) is 0.667. The first-order valence-corrected chi connectivity index (χ1v) is 10.4. The van der Waals surface area contributed by atoms with Crippen LogP contribution in [0.2, 0.25) is 0 Å². The van der Waals surface area contributed by atoms with E-state index < -0.39 is 12.2 Å². The Morgan fingerprint density at radius 3 is 2.57 bits per heavy atom. The van der Waals surface area contributed by atoms with Crippen molar-refractivity contribution in [2.75, 3.05) is 45.8 Å². The number of nitrogens with one attached hydrogen (secondary N) is 2. The summed E-state index contributed by atoms with van der Waals surface area (Å²) in [5, 5.41) is 7.91. The molecule has 2 N–H and O–H groups in total. The number of rotatable bonds is 7. The molecule has 1 aliphatic heterocycles. The standard InChI is InChI=1S/C18H28F3N5OS/c1-3-22-17(24-8-5-7-23-16(27)15-6-4-13-28-15)26-11-9-25(10-12-26)14(2)18(19,20)21/h4,6,13-14H,3,5,7-12H2,1-2H3,(H,22,24)(H,23,27). The van der Waals surface area contributed by atoms with Gasteiger partial charge in [-0.2, -0.15) is 13.2 Å². The number of hydrogen-bond donors (Lipinski definition) is 2. The number of carbonyl (C=O) groups excluding carboxylic acids is 1. The molecule has 10 heteroatoms. The summed E-state index contributed by atoms with van der Waals surface area (Å²) in [5.41, 5.74) is 0. The van der Waals surface area contributed by atoms with Gasteiger partial charge < -0.3 is 15.5 Å². The molecule has 0 aromatic carbocycles. The SMILES string of the molecule is CCNC(=NCCCNC(=O)c1cccs1)N1CCN(C(C)C(F)(F)F)CC1. The van der Waals surface area contributed by atoms with Crippen molar-refractivity contribution in [1.82, 2.24) is 20.4 Å². The number of aliphatic imine (C=N–C) groups is 1. The van der Waals surface area contributed by atoms with Crippen LogP contribution in [0, 0.1) is 0 Å². The Labute approximate surface area is 167 Å². The zero-order valence-electron chi connectivity index (χ0n) is 16.3. The Morgan fingerprint density at radius 2 is 2.00 bits per heavy atom. The van der Waals surface area contributed by atoms with Crippen LogP contribution in [0.4, 0.5) is 13.2 Å². The van der Waals surface area contributed by atoms with Crippen molar-refractivity contribution in [1.29, 1.82) is 0 Å². The van der Waals surface area contributed by atoms with Crippen LogP contribution in [0.5, 0.6) is 0 Å². The molecule has 0 spiro atoms. The fourth-order valence-corrected chi connectivity index (χ4v) is 3.55. The summed E-state index contributed by atoms with van der Waals surface area (Å²) in [4.78, 5) is 20.6. The van der Waals surface area contributed by atoms with Crippen molar-refractivity contribution in [2.45, 2.75) is 32.5 Å². The molecule has 2 rings (SSSR count). The molecule has 0 saturated carbocycles. The second-order valence-corrected chi connectivity index (χ2v) is 7.51. The Bertz CT molecular complexity index is 628. The van der Waals surface area contributed by atoms with E-state index in [-0.39, 0.29) is 5.91 Å². The number of nitrogens with zero attached hydrogens (tertiary/aromatic N) is 3. The first-order chi connectivity index (χ1) is 13.3. The molecule has 0 bridgehead atoms. The summed E-state index contributed by atoms with van der Waals surface area (Å²) in [7, 11) is 0. The van der Waals surface area contributed by atoms with Gasteiger partial charge in [0.2, 0.25) is 0 Å². The van der Waals surface area contributed by atoms with Gasteiger partial charge in [-0.15, -0.1) is 11.3 Å². The molecule has 1 aromatic rings. The highest BCUT2D eigenvalue weighted by Gasteiger charge is 2.41. The van der Waals surface area contributed by atoms with Gasteiger partial charge in [0.15, 0.2) is 5.96 Å². The fourth-order valence-electron chi connectivity index (χ4n) is 2.91. The zero-order valence-corrected chi connectivity index (χ0v) is 17.1. The number of carbonyl (C=O) groups is 1. The molecule has 28 heavy (non-hydrogen) atoms. The highest BCUT2D eigenvalue weighted by Crippen LogP contribution is 2.25. The maximum absolute atomic E-state index is 12.9. The lowest BCUT2D eigenvalue weighted by atomic mass is 10.2. The molecule has 0 aliphatic carbocycles. The van der Waals surface area contributed by atoms with E-state index in [2.05, 4.69) is 15.6 Å². The average Bonchev–Trinajstić information content (AvgIpc) is 3.20. The minimum absolute atomic E-state index is 0.0826. The summed E-state index contributed by atoms with van der Waals surface area (Å²) >= 11 is 1.40. The Balaban J connectivity index is 1.77. The molecule has 158 valence electrons. The lowest BCUT2D eigenvalue weighted by molar-refractivity contribution is -0.181. The Kier molecular flexibility index (Phi) is 8.56. The van der Waals surface area contributed by atoms with E-state index in [9.17, 15) is 18.0 Å². The van der Waals surface area contributed by atoms with E-state index in [1.165, 1.54) is 23.2 Å². The number of thiophene rings is 1. The second-order valence-electron chi connectivity index (χ2n) is 6.56. The third-order valence-corrected chi connectivity index (χ3v) is 5.47. The predicted molar refractivity (Wildman–Crippen MR) is 106 cm³/mol. The molecule has 1 amide bonds. The first-order valence-electron chi connectivity index (χ1n) is 9.48. The number of halogens is 3. The van der Waals surface area contributed by atoms with Gasteiger partial charge in [0.25, 0.3) is 5.91 Å². The highest BCUT2D eigenvalue weighted by molar-refractivity contribution is 7.12. The van der Waals surface area contributed by atoms with Gasteiger partial charge in [-0.3, -0.25) is 14.7 Å². The molecule has 1 saturated heterocycles. The Morgan fingerprint density at radius 1 is 1.29 bits per heavy atom. The maximum atomic E-state index is 12.9. The summed E-state index contributed by atoms with van der Waals surface area (Å²) in [6, 6.07) is 2.18. The van der Waals surface area contributed by atoms with Crippen molar-refractivity contribution >= 4 is 23.2 Å². The summed E-state index contributed by atoms with van der Waals surface area (Å²) < 4.78 is 38.6. The first kappa shape index (κ1) is 22.5. The number of piperazine rings is 1. The molecule has 1 aromatic heterocycles. The smallest absolute Gasteiger partial charge is 0.357 e. The third-order valence-electron chi connectivity index (χ3n) is 4.60. The predicted octanol–water partition coefficient (Wildman–Crippen LogP) is 2.40. The molecule has 1 atom stereocenters. The van der Waals surface area contributed by atoms with Gasteiger partial charge in [-0.1, -0.05) is 6.07 Å². The molecule has 1 fully saturated rings. The van der Waals surface area contributed by atoms with E-state index >= 15 is 0 Å². The number of alkyl halides is 3. The van der Waals surface area contributed by atoms with Gasteiger partial charge in [-0.25, -0.2) is 0 Å². The Hall–Kier alpha value is -1.81.